The van der Waals surface area contributed by atoms with Gasteiger partial charge in [-0.25, -0.2) is 4.79 Å². The van der Waals surface area contributed by atoms with Crippen LogP contribution >= 0.6 is 11.3 Å². The molecule has 2 atom stereocenters. The van der Waals surface area contributed by atoms with Crippen LogP contribution in [-0.4, -0.2) is 34.5 Å². The fourth-order valence-corrected chi connectivity index (χ4v) is 3.20. The molecule has 1 aromatic heterocycles. The molecular weight excluding hydrogens is 264 g/mol. The number of carboxylic acids is 1. The molecule has 104 valence electrons. The van der Waals surface area contributed by atoms with Crippen molar-refractivity contribution >= 4 is 23.2 Å². The van der Waals surface area contributed by atoms with Crippen molar-refractivity contribution in [3.05, 3.63) is 21.9 Å². The first-order valence-electron chi connectivity index (χ1n) is 6.28. The zero-order chi connectivity index (χ0) is 14.2. The van der Waals surface area contributed by atoms with Crippen molar-refractivity contribution in [3.8, 4) is 0 Å². The summed E-state index contributed by atoms with van der Waals surface area (Å²) in [5.41, 5.74) is 6.60. The van der Waals surface area contributed by atoms with Crippen molar-refractivity contribution < 1.29 is 14.7 Å². The van der Waals surface area contributed by atoms with Crippen molar-refractivity contribution in [2.45, 2.75) is 32.4 Å². The molecule has 0 fully saturated rings. The average molecular weight is 282 g/mol. The lowest BCUT2D eigenvalue weighted by Gasteiger charge is -2.35. The molecule has 2 rings (SSSR count). The Bertz CT molecular complexity index is 498. The van der Waals surface area contributed by atoms with Gasteiger partial charge in [-0.1, -0.05) is 13.8 Å². The highest BCUT2D eigenvalue weighted by Crippen LogP contribution is 2.34. The number of aliphatic carboxylic acids is 1. The lowest BCUT2D eigenvalue weighted by molar-refractivity contribution is -0.152. The smallest absolute Gasteiger partial charge is 0.331 e. The number of carboxylic acid groups (broad SMARTS) is 1. The minimum absolute atomic E-state index is 0.00850. The Morgan fingerprint density at radius 3 is 2.79 bits per heavy atom. The molecule has 3 N–H and O–H groups in total. The van der Waals surface area contributed by atoms with Crippen LogP contribution in [0.15, 0.2) is 11.4 Å². The van der Waals surface area contributed by atoms with E-state index in [2.05, 4.69) is 0 Å². The maximum absolute atomic E-state index is 12.3. The van der Waals surface area contributed by atoms with Gasteiger partial charge < -0.3 is 15.7 Å². The number of nitrogens with zero attached hydrogens (tertiary/aromatic N) is 1. The molecule has 5 nitrogen and oxygen atoms in total. The fourth-order valence-electron chi connectivity index (χ4n) is 2.30. The summed E-state index contributed by atoms with van der Waals surface area (Å²) in [7, 11) is 0. The van der Waals surface area contributed by atoms with Gasteiger partial charge in [0, 0.05) is 11.4 Å². The summed E-state index contributed by atoms with van der Waals surface area (Å²) in [5.74, 6) is -1.28. The Balaban J connectivity index is 2.32. The number of carbonyl (C=O) groups is 2. The average Bonchev–Trinajstić information content (AvgIpc) is 2.83. The summed E-state index contributed by atoms with van der Waals surface area (Å²) in [5, 5.41) is 11.3. The third-order valence-electron chi connectivity index (χ3n) is 3.49. The Morgan fingerprint density at radius 1 is 1.53 bits per heavy atom. The summed E-state index contributed by atoms with van der Waals surface area (Å²) < 4.78 is 0. The first kappa shape index (κ1) is 14.0. The van der Waals surface area contributed by atoms with E-state index >= 15 is 0 Å². The van der Waals surface area contributed by atoms with E-state index in [1.165, 1.54) is 4.90 Å². The predicted molar refractivity (Wildman–Crippen MR) is 72.9 cm³/mol. The van der Waals surface area contributed by atoms with Crippen molar-refractivity contribution in [3.63, 3.8) is 0 Å². The summed E-state index contributed by atoms with van der Waals surface area (Å²) in [6.45, 7) is 4.14. The lowest BCUT2D eigenvalue weighted by Crippen LogP contribution is -2.51. The second kappa shape index (κ2) is 5.30. The van der Waals surface area contributed by atoms with Crippen LogP contribution < -0.4 is 5.73 Å². The van der Waals surface area contributed by atoms with E-state index in [1.807, 2.05) is 19.2 Å². The maximum atomic E-state index is 12.3. The van der Waals surface area contributed by atoms with Gasteiger partial charge in [-0.2, -0.15) is 0 Å². The Kier molecular flexibility index (Phi) is 3.91. The first-order chi connectivity index (χ1) is 8.93. The second-order valence-electron chi connectivity index (χ2n) is 5.09. The molecule has 1 aromatic rings. The highest BCUT2D eigenvalue weighted by molar-refractivity contribution is 7.10. The van der Waals surface area contributed by atoms with Crippen LogP contribution in [0.2, 0.25) is 0 Å². The second-order valence-corrected chi connectivity index (χ2v) is 6.09. The third-order valence-corrected chi connectivity index (χ3v) is 4.48. The minimum atomic E-state index is -0.997. The number of amides is 1. The Hall–Kier alpha value is -1.40. The number of hydrogen-bond acceptors (Lipinski definition) is 4. The zero-order valence-electron chi connectivity index (χ0n) is 11.0. The van der Waals surface area contributed by atoms with Crippen LogP contribution in [0.25, 0.3) is 0 Å². The Morgan fingerprint density at radius 2 is 2.21 bits per heavy atom. The normalized spacial score (nSPS) is 20.2. The van der Waals surface area contributed by atoms with E-state index in [1.54, 1.807) is 17.4 Å². The number of fused-ring (bicyclic) bond motifs is 1. The van der Waals surface area contributed by atoms with Crippen molar-refractivity contribution in [1.29, 1.82) is 0 Å². The highest BCUT2D eigenvalue weighted by Gasteiger charge is 2.38. The molecule has 0 bridgehead atoms. The van der Waals surface area contributed by atoms with Crippen LogP contribution in [0.4, 0.5) is 0 Å². The third kappa shape index (κ3) is 2.50. The number of carbonyl (C=O) groups excluding carboxylic acids is 1. The van der Waals surface area contributed by atoms with Crippen LogP contribution in [0.1, 0.15) is 30.3 Å². The van der Waals surface area contributed by atoms with E-state index in [0.29, 0.717) is 13.0 Å². The van der Waals surface area contributed by atoms with Crippen molar-refractivity contribution in [1.82, 2.24) is 4.90 Å². The van der Waals surface area contributed by atoms with Crippen molar-refractivity contribution in [2.24, 2.45) is 11.7 Å². The number of thiophene rings is 1. The fraction of sp³-hybridized carbons (Fsp3) is 0.538. The van der Waals surface area contributed by atoms with E-state index in [-0.39, 0.29) is 11.8 Å². The number of nitrogens with two attached hydrogens (primary N) is 1. The van der Waals surface area contributed by atoms with Crippen molar-refractivity contribution in [2.75, 3.05) is 6.54 Å². The van der Waals surface area contributed by atoms with Crippen LogP contribution in [0, 0.1) is 5.92 Å². The van der Waals surface area contributed by atoms with Gasteiger partial charge in [0.2, 0.25) is 5.91 Å². The summed E-state index contributed by atoms with van der Waals surface area (Å²) >= 11 is 1.54. The zero-order valence-corrected chi connectivity index (χ0v) is 11.8. The molecule has 1 unspecified atom stereocenters. The van der Waals surface area contributed by atoms with Crippen LogP contribution in [0.5, 0.6) is 0 Å². The summed E-state index contributed by atoms with van der Waals surface area (Å²) in [6, 6.07) is 0.244. The van der Waals surface area contributed by atoms with Crippen LogP contribution in [-0.2, 0) is 16.0 Å². The van der Waals surface area contributed by atoms with Gasteiger partial charge in [-0.3, -0.25) is 4.79 Å². The van der Waals surface area contributed by atoms with Gasteiger partial charge in [0.05, 0.1) is 6.04 Å². The van der Waals surface area contributed by atoms with Gasteiger partial charge in [0.1, 0.15) is 0 Å². The predicted octanol–water partition coefficient (Wildman–Crippen LogP) is 1.24. The number of hydrogen-bond donors (Lipinski definition) is 2. The van der Waals surface area contributed by atoms with E-state index in [9.17, 15) is 14.7 Å². The lowest BCUT2D eigenvalue weighted by atomic mass is 9.96. The van der Waals surface area contributed by atoms with Gasteiger partial charge in [0.25, 0.3) is 0 Å². The molecule has 0 saturated heterocycles. The SMILES string of the molecule is CC(C)[C@H](N)C(=O)N1CCc2sccc2C1C(=O)O. The molecule has 19 heavy (non-hydrogen) atoms. The molecule has 2 heterocycles. The highest BCUT2D eigenvalue weighted by atomic mass is 32.1. The molecule has 1 amide bonds. The number of rotatable bonds is 3. The molecule has 1 aliphatic heterocycles. The summed E-state index contributed by atoms with van der Waals surface area (Å²) in [6.07, 6.45) is 0.702. The Labute approximate surface area is 116 Å². The van der Waals surface area contributed by atoms with Gasteiger partial charge in [-0.15, -0.1) is 11.3 Å². The molecule has 0 saturated carbocycles. The molecule has 6 heteroatoms. The molecule has 0 spiro atoms. The minimum Gasteiger partial charge on any atom is -0.479 e. The first-order valence-corrected chi connectivity index (χ1v) is 7.16. The summed E-state index contributed by atoms with van der Waals surface area (Å²) in [4.78, 5) is 26.3. The molecular formula is C13H18N2O3S. The quantitative estimate of drug-likeness (QED) is 0.873. The standard InChI is InChI=1S/C13H18N2O3S/c1-7(2)10(14)12(16)15-5-3-9-8(4-6-19-9)11(15)13(17)18/h4,6-7,10-11H,3,5,14H2,1-2H3,(H,17,18)/t10-,11?/m0/s1. The topological polar surface area (TPSA) is 83.6 Å². The van der Waals surface area contributed by atoms with Crippen LogP contribution in [0.3, 0.4) is 0 Å². The molecule has 0 aliphatic carbocycles. The van der Waals surface area contributed by atoms with E-state index in [0.717, 1.165) is 10.4 Å². The molecule has 0 radical (unpaired) electrons. The van der Waals surface area contributed by atoms with Gasteiger partial charge in [0.15, 0.2) is 6.04 Å². The molecule has 0 aromatic carbocycles. The van der Waals surface area contributed by atoms with E-state index in [4.69, 9.17) is 5.73 Å². The van der Waals surface area contributed by atoms with Gasteiger partial charge >= 0.3 is 5.97 Å². The van der Waals surface area contributed by atoms with Gasteiger partial charge in [-0.05, 0) is 29.3 Å². The molecule has 1 aliphatic rings. The maximum Gasteiger partial charge on any atom is 0.331 e. The largest absolute Gasteiger partial charge is 0.479 e. The monoisotopic (exact) mass is 282 g/mol. The van der Waals surface area contributed by atoms with E-state index < -0.39 is 18.1 Å².